The number of Topliss-reactive ketones (excluding diaryl/α,β-unsaturated/α-hetero) is 1. The summed E-state index contributed by atoms with van der Waals surface area (Å²) >= 11 is 9.98. The fourth-order valence-electron chi connectivity index (χ4n) is 1.95. The van der Waals surface area contributed by atoms with Crippen LogP contribution in [0.15, 0.2) is 49.7 Å². The first kappa shape index (κ1) is 18.0. The molecule has 0 aromatic heterocycles. The van der Waals surface area contributed by atoms with E-state index in [4.69, 9.17) is 0 Å². The average Bonchev–Trinajstić information content (AvgIpc) is 2.49. The van der Waals surface area contributed by atoms with Crippen LogP contribution < -0.4 is 0 Å². The number of rotatable bonds is 2. The van der Waals surface area contributed by atoms with E-state index in [2.05, 4.69) is 52.2 Å². The molecule has 0 saturated carbocycles. The smallest absolute Gasteiger partial charge is 0.282 e. The van der Waals surface area contributed by atoms with Crippen LogP contribution >= 0.6 is 47.8 Å². The van der Waals surface area contributed by atoms with Crippen LogP contribution in [0, 0.1) is 0 Å². The maximum Gasteiger partial charge on any atom is 0.282 e. The minimum Gasteiger partial charge on any atom is -0.292 e. The van der Waals surface area contributed by atoms with Crippen LogP contribution in [0.3, 0.4) is 0 Å². The maximum atomic E-state index is 12.4. The van der Waals surface area contributed by atoms with Crippen molar-refractivity contribution in [3.05, 3.63) is 40.4 Å². The second-order valence-electron chi connectivity index (χ2n) is 4.97. The Bertz CT molecular complexity index is 783. The third-order valence-electron chi connectivity index (χ3n) is 3.33. The fourth-order valence-corrected chi connectivity index (χ4v) is 5.14. The van der Waals surface area contributed by atoms with E-state index in [-0.39, 0.29) is 10.7 Å². The molecule has 0 aliphatic heterocycles. The van der Waals surface area contributed by atoms with Gasteiger partial charge in [-0.15, -0.1) is 0 Å². The molecule has 0 radical (unpaired) electrons. The topological polar surface area (TPSA) is 63.6 Å². The van der Waals surface area contributed by atoms with E-state index in [0.717, 1.165) is 0 Å². The highest BCUT2D eigenvalue weighted by molar-refractivity contribution is 9.13. The summed E-state index contributed by atoms with van der Waals surface area (Å²) in [5.41, 5.74) is 0.804. The molecule has 1 aromatic carbocycles. The maximum absolute atomic E-state index is 12.4. The number of benzene rings is 1. The minimum absolute atomic E-state index is 0.110. The van der Waals surface area contributed by atoms with Gasteiger partial charge in [0.25, 0.3) is 10.0 Å². The highest BCUT2D eigenvalue weighted by Gasteiger charge is 2.47. The standard InChI is InChI=1S/C14H12Br3NO3S/c1-8-10(15)13(19)14(2,17)12(16)11(8)18-22(20,21)9-6-4-3-5-7-9/h3-7,12H,1-2H3. The molecular formula is C14H12Br3NO3S. The van der Waals surface area contributed by atoms with Crippen molar-refractivity contribution in [2.45, 2.75) is 27.9 Å². The molecule has 4 nitrogen and oxygen atoms in total. The Morgan fingerprint density at radius 3 is 2.32 bits per heavy atom. The van der Waals surface area contributed by atoms with Gasteiger partial charge in [-0.25, -0.2) is 0 Å². The van der Waals surface area contributed by atoms with Gasteiger partial charge in [0, 0.05) is 0 Å². The van der Waals surface area contributed by atoms with E-state index < -0.39 is 19.2 Å². The molecule has 22 heavy (non-hydrogen) atoms. The van der Waals surface area contributed by atoms with Gasteiger partial charge in [0.15, 0.2) is 5.78 Å². The van der Waals surface area contributed by atoms with Gasteiger partial charge in [0.2, 0.25) is 0 Å². The number of carbonyl (C=O) groups is 1. The molecule has 8 heteroatoms. The Hall–Kier alpha value is -0.310. The van der Waals surface area contributed by atoms with Gasteiger partial charge in [0.1, 0.15) is 4.32 Å². The van der Waals surface area contributed by atoms with Crippen LogP contribution in [-0.2, 0) is 14.8 Å². The summed E-state index contributed by atoms with van der Waals surface area (Å²) in [6.45, 7) is 3.34. The Kier molecular flexibility index (Phi) is 5.16. The number of ketones is 1. The molecule has 0 saturated heterocycles. The van der Waals surface area contributed by atoms with Gasteiger partial charge in [0.05, 0.1) is 19.9 Å². The van der Waals surface area contributed by atoms with Crippen molar-refractivity contribution in [1.29, 1.82) is 0 Å². The summed E-state index contributed by atoms with van der Waals surface area (Å²) in [6, 6.07) is 7.97. The lowest BCUT2D eigenvalue weighted by Crippen LogP contribution is -2.47. The van der Waals surface area contributed by atoms with Gasteiger partial charge in [-0.05, 0) is 47.5 Å². The molecule has 1 aliphatic rings. The van der Waals surface area contributed by atoms with Crippen LogP contribution in [0.2, 0.25) is 0 Å². The molecule has 1 aliphatic carbocycles. The van der Waals surface area contributed by atoms with E-state index in [0.29, 0.717) is 15.8 Å². The van der Waals surface area contributed by atoms with Crippen LogP contribution in [-0.4, -0.2) is 29.1 Å². The molecular weight excluding hydrogens is 502 g/mol. The number of carbonyl (C=O) groups excluding carboxylic acids is 1. The minimum atomic E-state index is -3.85. The largest absolute Gasteiger partial charge is 0.292 e. The molecule has 0 fully saturated rings. The first-order chi connectivity index (χ1) is 10.1. The Morgan fingerprint density at radius 2 is 1.77 bits per heavy atom. The monoisotopic (exact) mass is 511 g/mol. The van der Waals surface area contributed by atoms with Crippen molar-refractivity contribution in [2.24, 2.45) is 4.40 Å². The Morgan fingerprint density at radius 1 is 1.23 bits per heavy atom. The predicted octanol–water partition coefficient (Wildman–Crippen LogP) is 3.99. The second-order valence-corrected chi connectivity index (χ2v) is 9.93. The summed E-state index contributed by atoms with van der Waals surface area (Å²) in [5.74, 6) is -0.164. The van der Waals surface area contributed by atoms with Crippen LogP contribution in [0.4, 0.5) is 0 Å². The molecule has 2 rings (SSSR count). The van der Waals surface area contributed by atoms with Gasteiger partial charge < -0.3 is 0 Å². The lowest BCUT2D eigenvalue weighted by molar-refractivity contribution is -0.116. The zero-order chi connectivity index (χ0) is 16.7. The first-order valence-electron chi connectivity index (χ1n) is 6.23. The molecule has 0 bridgehead atoms. The number of allylic oxidation sites excluding steroid dienone is 2. The highest BCUT2D eigenvalue weighted by Crippen LogP contribution is 2.41. The van der Waals surface area contributed by atoms with Crippen LogP contribution in [0.1, 0.15) is 13.8 Å². The Balaban J connectivity index is 2.63. The molecule has 0 spiro atoms. The zero-order valence-corrected chi connectivity index (χ0v) is 17.3. The van der Waals surface area contributed by atoms with E-state index in [9.17, 15) is 13.2 Å². The summed E-state index contributed by atoms with van der Waals surface area (Å²) in [7, 11) is -3.85. The van der Waals surface area contributed by atoms with Gasteiger partial charge >= 0.3 is 0 Å². The van der Waals surface area contributed by atoms with E-state index in [1.54, 1.807) is 32.0 Å². The molecule has 2 atom stereocenters. The summed E-state index contributed by atoms with van der Waals surface area (Å²) < 4.78 is 28.2. The van der Waals surface area contributed by atoms with Gasteiger partial charge in [-0.3, -0.25) is 4.79 Å². The van der Waals surface area contributed by atoms with Crippen molar-refractivity contribution in [1.82, 2.24) is 0 Å². The molecule has 0 amide bonds. The lowest BCUT2D eigenvalue weighted by Gasteiger charge is -2.33. The van der Waals surface area contributed by atoms with Crippen molar-refractivity contribution >= 4 is 69.3 Å². The summed E-state index contributed by atoms with van der Waals surface area (Å²) in [4.78, 5) is 11.8. The van der Waals surface area contributed by atoms with Crippen molar-refractivity contribution in [2.75, 3.05) is 0 Å². The number of hydrogen-bond acceptors (Lipinski definition) is 3. The quantitative estimate of drug-likeness (QED) is 0.562. The van der Waals surface area contributed by atoms with Crippen LogP contribution in [0.25, 0.3) is 0 Å². The summed E-state index contributed by atoms with van der Waals surface area (Å²) in [6.07, 6.45) is 0. The van der Waals surface area contributed by atoms with Crippen molar-refractivity contribution < 1.29 is 13.2 Å². The number of alkyl halides is 2. The third kappa shape index (κ3) is 3.16. The van der Waals surface area contributed by atoms with Crippen molar-refractivity contribution in [3.63, 3.8) is 0 Å². The Labute approximate surface area is 154 Å². The summed E-state index contributed by atoms with van der Waals surface area (Å²) in [5, 5.41) is 0. The van der Waals surface area contributed by atoms with E-state index >= 15 is 0 Å². The van der Waals surface area contributed by atoms with E-state index in [1.165, 1.54) is 12.1 Å². The molecule has 2 unspecified atom stereocenters. The number of hydrogen-bond donors (Lipinski definition) is 0. The van der Waals surface area contributed by atoms with E-state index in [1.807, 2.05) is 0 Å². The number of nitrogens with zero attached hydrogens (tertiary/aromatic N) is 1. The molecule has 0 N–H and O–H groups in total. The number of halogens is 3. The molecule has 118 valence electrons. The van der Waals surface area contributed by atoms with Gasteiger partial charge in [-0.1, -0.05) is 50.1 Å². The number of sulfonamides is 1. The molecule has 1 aromatic rings. The highest BCUT2D eigenvalue weighted by atomic mass is 79.9. The van der Waals surface area contributed by atoms with Crippen LogP contribution in [0.5, 0.6) is 0 Å². The second kappa shape index (κ2) is 6.30. The van der Waals surface area contributed by atoms with Crippen molar-refractivity contribution in [3.8, 4) is 0 Å². The SMILES string of the molecule is CC1=C(Br)C(=O)C(C)(Br)C(Br)C1=NS(=O)(=O)c1ccccc1. The lowest BCUT2D eigenvalue weighted by atomic mass is 9.88. The normalized spacial score (nSPS) is 28.3. The average molecular weight is 514 g/mol. The first-order valence-corrected chi connectivity index (χ1v) is 10.2. The predicted molar refractivity (Wildman–Crippen MR) is 97.7 cm³/mol. The molecule has 0 heterocycles. The fraction of sp³-hybridized carbons (Fsp3) is 0.286. The van der Waals surface area contributed by atoms with Gasteiger partial charge in [-0.2, -0.15) is 12.8 Å². The third-order valence-corrected chi connectivity index (χ3v) is 8.37. The zero-order valence-electron chi connectivity index (χ0n) is 11.7.